The zero-order chi connectivity index (χ0) is 13.7. The Balaban J connectivity index is 1.97. The minimum absolute atomic E-state index is 0.122. The van der Waals surface area contributed by atoms with Crippen molar-refractivity contribution in [3.63, 3.8) is 0 Å². The summed E-state index contributed by atoms with van der Waals surface area (Å²) in [6.45, 7) is 7.50. The highest BCUT2D eigenvalue weighted by molar-refractivity contribution is 5.73. The Labute approximate surface area is 113 Å². The molecule has 2 heterocycles. The molecule has 0 aromatic carbocycles. The Morgan fingerprint density at radius 3 is 2.74 bits per heavy atom. The third-order valence-corrected chi connectivity index (χ3v) is 3.11. The van der Waals surface area contributed by atoms with E-state index in [0.717, 1.165) is 31.9 Å². The third-order valence-electron chi connectivity index (χ3n) is 3.11. The summed E-state index contributed by atoms with van der Waals surface area (Å²) in [6, 6.07) is 0. The van der Waals surface area contributed by atoms with Gasteiger partial charge >= 0.3 is 0 Å². The first kappa shape index (κ1) is 13.5. The van der Waals surface area contributed by atoms with Crippen LogP contribution in [0.25, 0.3) is 0 Å². The summed E-state index contributed by atoms with van der Waals surface area (Å²) in [4.78, 5) is 19.6. The minimum Gasteiger partial charge on any atom is -0.369 e. The summed E-state index contributed by atoms with van der Waals surface area (Å²) >= 11 is 0. The van der Waals surface area contributed by atoms with Gasteiger partial charge in [0.15, 0.2) is 5.82 Å². The summed E-state index contributed by atoms with van der Waals surface area (Å²) in [5, 5.41) is 11.2. The monoisotopic (exact) mass is 264 g/mol. The molecule has 0 unspecified atom stereocenters. The molecule has 1 aromatic rings. The lowest BCUT2D eigenvalue weighted by molar-refractivity contribution is -0.129. The van der Waals surface area contributed by atoms with E-state index in [2.05, 4.69) is 32.3 Å². The Morgan fingerprint density at radius 1 is 1.37 bits per heavy atom. The number of carbonyl (C=O) groups excluding carboxylic acids is 1. The van der Waals surface area contributed by atoms with E-state index < -0.39 is 0 Å². The molecule has 1 aliphatic rings. The fourth-order valence-corrected chi connectivity index (χ4v) is 1.99. The molecular formula is C12H20N6O. The molecule has 1 N–H and O–H groups in total. The number of nitrogens with zero attached hydrogens (tertiary/aromatic N) is 5. The number of nitrogens with one attached hydrogen (secondary N) is 1. The molecule has 0 radical (unpaired) electrons. The van der Waals surface area contributed by atoms with Crippen molar-refractivity contribution in [3.05, 3.63) is 6.20 Å². The molecule has 0 spiro atoms. The number of rotatable bonds is 4. The van der Waals surface area contributed by atoms with Crippen molar-refractivity contribution in [2.75, 3.05) is 42.9 Å². The van der Waals surface area contributed by atoms with Crippen molar-refractivity contribution >= 4 is 17.7 Å². The summed E-state index contributed by atoms with van der Waals surface area (Å²) < 4.78 is 0. The zero-order valence-electron chi connectivity index (χ0n) is 11.5. The van der Waals surface area contributed by atoms with Crippen LogP contribution in [0.1, 0.15) is 20.3 Å². The van der Waals surface area contributed by atoms with Gasteiger partial charge < -0.3 is 15.1 Å². The second-order valence-corrected chi connectivity index (χ2v) is 4.56. The maximum Gasteiger partial charge on any atom is 0.247 e. The fourth-order valence-electron chi connectivity index (χ4n) is 1.99. The van der Waals surface area contributed by atoms with Gasteiger partial charge in [0, 0.05) is 39.6 Å². The molecule has 1 aliphatic heterocycles. The number of amides is 1. The van der Waals surface area contributed by atoms with Crippen LogP contribution >= 0.6 is 0 Å². The molecule has 1 fully saturated rings. The van der Waals surface area contributed by atoms with Crippen LogP contribution in [0.5, 0.6) is 0 Å². The van der Waals surface area contributed by atoms with E-state index in [0.29, 0.717) is 19.0 Å². The van der Waals surface area contributed by atoms with Gasteiger partial charge in [-0.25, -0.2) is 0 Å². The molecule has 0 atom stereocenters. The van der Waals surface area contributed by atoms with Crippen LogP contribution < -0.4 is 10.2 Å². The Kier molecular flexibility index (Phi) is 4.48. The molecule has 0 aliphatic carbocycles. The van der Waals surface area contributed by atoms with E-state index in [9.17, 15) is 4.79 Å². The average molecular weight is 264 g/mol. The van der Waals surface area contributed by atoms with Crippen LogP contribution in [0, 0.1) is 0 Å². The molecule has 7 nitrogen and oxygen atoms in total. The van der Waals surface area contributed by atoms with Gasteiger partial charge in [-0.2, -0.15) is 10.1 Å². The van der Waals surface area contributed by atoms with Crippen molar-refractivity contribution < 1.29 is 4.79 Å². The second-order valence-electron chi connectivity index (χ2n) is 4.56. The van der Waals surface area contributed by atoms with Crippen molar-refractivity contribution in [1.29, 1.82) is 0 Å². The molecule has 7 heteroatoms. The van der Waals surface area contributed by atoms with Gasteiger partial charge in [-0.05, 0) is 6.42 Å². The van der Waals surface area contributed by atoms with Gasteiger partial charge in [0.25, 0.3) is 0 Å². The number of aromatic nitrogens is 3. The van der Waals surface area contributed by atoms with Gasteiger partial charge in [-0.3, -0.25) is 4.79 Å². The van der Waals surface area contributed by atoms with Gasteiger partial charge in [0.2, 0.25) is 11.9 Å². The molecule has 0 bridgehead atoms. The lowest BCUT2D eigenvalue weighted by atomic mass is 10.3. The van der Waals surface area contributed by atoms with Crippen LogP contribution in [-0.4, -0.2) is 58.7 Å². The summed E-state index contributed by atoms with van der Waals surface area (Å²) in [5.74, 6) is 1.50. The van der Waals surface area contributed by atoms with E-state index >= 15 is 0 Å². The average Bonchev–Trinajstić information content (AvgIpc) is 2.45. The Hall–Kier alpha value is -1.92. The molecule has 1 aromatic heterocycles. The van der Waals surface area contributed by atoms with E-state index in [4.69, 9.17) is 0 Å². The fraction of sp³-hybridized carbons (Fsp3) is 0.667. The van der Waals surface area contributed by atoms with E-state index in [1.165, 1.54) is 0 Å². The number of piperazine rings is 1. The quantitative estimate of drug-likeness (QED) is 0.846. The van der Waals surface area contributed by atoms with Crippen molar-refractivity contribution in [2.24, 2.45) is 0 Å². The zero-order valence-corrected chi connectivity index (χ0v) is 11.5. The largest absolute Gasteiger partial charge is 0.369 e. The standard InChI is InChI=1S/C12H20N6O/c1-3-4-13-11-9-14-16-12(15-11)18-7-5-17(6-8-18)10(2)19/h9H,3-8H2,1-2H3,(H,13,15,16). The second kappa shape index (κ2) is 6.31. The summed E-state index contributed by atoms with van der Waals surface area (Å²) in [6.07, 6.45) is 2.67. The molecule has 0 saturated carbocycles. The predicted molar refractivity (Wildman–Crippen MR) is 73.1 cm³/mol. The molecule has 19 heavy (non-hydrogen) atoms. The highest BCUT2D eigenvalue weighted by atomic mass is 16.2. The first-order valence-electron chi connectivity index (χ1n) is 6.64. The number of hydrogen-bond donors (Lipinski definition) is 1. The van der Waals surface area contributed by atoms with Crippen LogP contribution in [0.4, 0.5) is 11.8 Å². The number of hydrogen-bond acceptors (Lipinski definition) is 6. The van der Waals surface area contributed by atoms with Gasteiger partial charge in [-0.15, -0.1) is 5.10 Å². The normalized spacial score (nSPS) is 15.5. The third kappa shape index (κ3) is 3.52. The topological polar surface area (TPSA) is 74.2 Å². The molecule has 1 amide bonds. The molecular weight excluding hydrogens is 244 g/mol. The van der Waals surface area contributed by atoms with Gasteiger partial charge in [-0.1, -0.05) is 6.92 Å². The molecule has 1 saturated heterocycles. The maximum atomic E-state index is 11.3. The number of anilines is 2. The van der Waals surface area contributed by atoms with E-state index in [1.54, 1.807) is 13.1 Å². The van der Waals surface area contributed by atoms with Crippen LogP contribution in [0.2, 0.25) is 0 Å². The van der Waals surface area contributed by atoms with Crippen molar-refractivity contribution in [2.45, 2.75) is 20.3 Å². The van der Waals surface area contributed by atoms with Crippen LogP contribution in [-0.2, 0) is 4.79 Å². The van der Waals surface area contributed by atoms with Crippen LogP contribution in [0.3, 0.4) is 0 Å². The first-order valence-corrected chi connectivity index (χ1v) is 6.64. The Bertz CT molecular complexity index is 430. The molecule has 2 rings (SSSR count). The van der Waals surface area contributed by atoms with Gasteiger partial charge in [0.05, 0.1) is 6.20 Å². The van der Waals surface area contributed by atoms with E-state index in [-0.39, 0.29) is 5.91 Å². The van der Waals surface area contributed by atoms with Crippen molar-refractivity contribution in [1.82, 2.24) is 20.1 Å². The van der Waals surface area contributed by atoms with E-state index in [1.807, 2.05) is 4.90 Å². The lowest BCUT2D eigenvalue weighted by Gasteiger charge is -2.33. The Morgan fingerprint density at radius 2 is 2.11 bits per heavy atom. The summed E-state index contributed by atoms with van der Waals surface area (Å²) in [5.41, 5.74) is 0. The maximum absolute atomic E-state index is 11.3. The summed E-state index contributed by atoms with van der Waals surface area (Å²) in [7, 11) is 0. The predicted octanol–water partition coefficient (Wildman–Crippen LogP) is 0.362. The van der Waals surface area contributed by atoms with Gasteiger partial charge in [0.1, 0.15) is 0 Å². The smallest absolute Gasteiger partial charge is 0.247 e. The minimum atomic E-state index is 0.122. The first-order chi connectivity index (χ1) is 9.20. The number of carbonyl (C=O) groups is 1. The van der Waals surface area contributed by atoms with Crippen LogP contribution in [0.15, 0.2) is 6.20 Å². The van der Waals surface area contributed by atoms with Crippen molar-refractivity contribution in [3.8, 4) is 0 Å². The lowest BCUT2D eigenvalue weighted by Crippen LogP contribution is -2.48. The molecule has 104 valence electrons. The SMILES string of the molecule is CCCNc1cnnc(N2CCN(C(C)=O)CC2)n1. The highest BCUT2D eigenvalue weighted by Crippen LogP contribution is 2.12. The highest BCUT2D eigenvalue weighted by Gasteiger charge is 2.20.